The van der Waals surface area contributed by atoms with Crippen molar-refractivity contribution in [2.45, 2.75) is 107 Å². The largest absolute Gasteiger partial charge is 0.445 e. The molecule has 0 bridgehead atoms. The number of benzene rings is 3. The molecule has 1 heterocycles. The number of rotatable bonds is 18. The number of ether oxygens (including phenoxy) is 2. The molecule has 4 rings (SSSR count). The molecule has 0 radical (unpaired) electrons. The average Bonchev–Trinajstić information content (AvgIpc) is 3.55. The number of hydrogen-bond donors (Lipinski definition) is 1. The van der Waals surface area contributed by atoms with Crippen molar-refractivity contribution < 1.29 is 36.1 Å². The number of nitrogens with one attached hydrogen (secondary N) is 1. The SMILES string of the molecule is C=CCOC(=O)N1C[C@@H](SC(c2ccccc2)(c2ccccc2)c2ccccc2)C[C@H]1CC(COS(C)(=O)=O)C[C@@H](CO[Si](C)(C)C(C)(C)C)NC(=O)OC(C)(C)C. The van der Waals surface area contributed by atoms with E-state index in [1.807, 2.05) is 30.0 Å². The molecular weight excluding hydrogens is 789 g/mol. The van der Waals surface area contributed by atoms with Crippen LogP contribution in [0.2, 0.25) is 18.1 Å². The van der Waals surface area contributed by atoms with Crippen LogP contribution in [0.25, 0.3) is 0 Å². The van der Waals surface area contributed by atoms with Gasteiger partial charge in [0.1, 0.15) is 12.2 Å². The van der Waals surface area contributed by atoms with Crippen LogP contribution in [0.1, 0.15) is 77.5 Å². The van der Waals surface area contributed by atoms with Crippen molar-refractivity contribution in [3.05, 3.63) is 120 Å². The van der Waals surface area contributed by atoms with E-state index in [2.05, 4.69) is 119 Å². The Balaban J connectivity index is 1.73. The van der Waals surface area contributed by atoms with Gasteiger partial charge in [-0.25, -0.2) is 9.59 Å². The summed E-state index contributed by atoms with van der Waals surface area (Å²) >= 11 is 1.81. The van der Waals surface area contributed by atoms with Gasteiger partial charge >= 0.3 is 12.2 Å². The lowest BCUT2D eigenvalue weighted by molar-refractivity contribution is 0.0465. The molecule has 1 saturated heterocycles. The maximum absolute atomic E-state index is 13.9. The highest BCUT2D eigenvalue weighted by atomic mass is 32.2. The highest BCUT2D eigenvalue weighted by Crippen LogP contribution is 2.52. The van der Waals surface area contributed by atoms with Crippen molar-refractivity contribution in [3.8, 4) is 0 Å². The number of alkyl carbamates (subject to hydrolysis) is 1. The number of nitrogens with zero attached hydrogens (tertiary/aromatic N) is 1. The third kappa shape index (κ3) is 13.5. The van der Waals surface area contributed by atoms with Crippen LogP contribution in [0, 0.1) is 5.92 Å². The molecule has 1 aliphatic rings. The van der Waals surface area contributed by atoms with Crippen LogP contribution in [0.3, 0.4) is 0 Å². The Bertz CT molecular complexity index is 1790. The van der Waals surface area contributed by atoms with E-state index in [9.17, 15) is 18.0 Å². The Morgan fingerprint density at radius 2 is 1.41 bits per heavy atom. The zero-order valence-electron chi connectivity index (χ0n) is 35.7. The van der Waals surface area contributed by atoms with Crippen LogP contribution < -0.4 is 5.32 Å². The fourth-order valence-electron chi connectivity index (χ4n) is 7.00. The van der Waals surface area contributed by atoms with E-state index in [0.717, 1.165) is 22.9 Å². The van der Waals surface area contributed by atoms with E-state index >= 15 is 0 Å². The third-order valence-corrected chi connectivity index (χ3v) is 17.5. The van der Waals surface area contributed by atoms with E-state index in [4.69, 9.17) is 18.1 Å². The topological polar surface area (TPSA) is 120 Å². The first kappa shape index (κ1) is 47.1. The quantitative estimate of drug-likeness (QED) is 0.0577. The van der Waals surface area contributed by atoms with Gasteiger partial charge in [0.2, 0.25) is 0 Å². The minimum Gasteiger partial charge on any atom is -0.445 e. The monoisotopic (exact) mass is 852 g/mol. The molecule has 2 amide bonds. The molecule has 318 valence electrons. The first-order chi connectivity index (χ1) is 27.1. The van der Waals surface area contributed by atoms with Crippen molar-refractivity contribution in [2.24, 2.45) is 5.92 Å². The molecule has 0 aliphatic carbocycles. The van der Waals surface area contributed by atoms with Gasteiger partial charge in [-0.3, -0.25) is 4.18 Å². The first-order valence-electron chi connectivity index (χ1n) is 20.0. The van der Waals surface area contributed by atoms with Crippen LogP contribution >= 0.6 is 11.8 Å². The van der Waals surface area contributed by atoms with Gasteiger partial charge in [-0.1, -0.05) is 124 Å². The summed E-state index contributed by atoms with van der Waals surface area (Å²) in [6, 6.07) is 30.4. The van der Waals surface area contributed by atoms with Crippen molar-refractivity contribution in [1.82, 2.24) is 10.2 Å². The van der Waals surface area contributed by atoms with Crippen molar-refractivity contribution >= 4 is 42.4 Å². The molecule has 1 fully saturated rings. The van der Waals surface area contributed by atoms with Gasteiger partial charge in [0, 0.05) is 17.8 Å². The van der Waals surface area contributed by atoms with Crippen molar-refractivity contribution in [2.75, 3.05) is 32.6 Å². The number of carbonyl (C=O) groups is 2. The van der Waals surface area contributed by atoms with Crippen LogP contribution in [-0.2, 0) is 32.9 Å². The maximum Gasteiger partial charge on any atom is 0.410 e. The summed E-state index contributed by atoms with van der Waals surface area (Å²) < 4.78 is 47.7. The van der Waals surface area contributed by atoms with Crippen LogP contribution in [0.4, 0.5) is 9.59 Å². The standard InChI is InChI=1S/C45H64N2O8S2Si/c1-11-27-52-42(49)47-31-40(56-45(35-21-15-12-16-22-35,36-23-17-13-18-24-36)37-25-19-14-20-26-37)30-39(47)29-34(32-53-57(8,50)51)28-38(46-41(48)55-43(2,3)4)33-54-58(9,10)44(5,6)7/h11-26,34,38-40H,1,27-33H2,2-10H3,(H,46,48)/t34?,38-,39+,40-/m0/s1. The number of thioether (sulfide) groups is 1. The summed E-state index contributed by atoms with van der Waals surface area (Å²) in [5.74, 6) is -0.414. The number of amides is 2. The van der Waals surface area contributed by atoms with E-state index in [1.165, 1.54) is 0 Å². The van der Waals surface area contributed by atoms with Gasteiger partial charge < -0.3 is 24.1 Å². The Labute approximate surface area is 352 Å². The van der Waals surface area contributed by atoms with E-state index < -0.39 is 52.9 Å². The van der Waals surface area contributed by atoms with E-state index in [-0.39, 0.29) is 36.2 Å². The molecule has 10 nitrogen and oxygen atoms in total. The summed E-state index contributed by atoms with van der Waals surface area (Å²) in [4.78, 5) is 28.9. The second-order valence-electron chi connectivity index (χ2n) is 17.7. The molecule has 0 saturated carbocycles. The second kappa shape index (κ2) is 20.1. The summed E-state index contributed by atoms with van der Waals surface area (Å²) in [5.41, 5.74) is 2.60. The summed E-state index contributed by atoms with van der Waals surface area (Å²) in [5, 5.41) is 2.87. The second-order valence-corrected chi connectivity index (χ2v) is 25.6. The molecule has 4 atom stereocenters. The van der Waals surface area contributed by atoms with E-state index in [1.54, 1.807) is 31.7 Å². The first-order valence-corrected chi connectivity index (χ1v) is 25.6. The van der Waals surface area contributed by atoms with Crippen LogP contribution in [0.5, 0.6) is 0 Å². The Morgan fingerprint density at radius 1 is 0.897 bits per heavy atom. The van der Waals surface area contributed by atoms with Gasteiger partial charge in [-0.15, -0.1) is 11.8 Å². The van der Waals surface area contributed by atoms with Gasteiger partial charge in [0.05, 0.1) is 30.3 Å². The summed E-state index contributed by atoms with van der Waals surface area (Å²) in [7, 11) is -6.07. The fourth-order valence-corrected chi connectivity index (χ4v) is 10.4. The molecule has 1 unspecified atom stereocenters. The van der Waals surface area contributed by atoms with E-state index in [0.29, 0.717) is 25.8 Å². The maximum atomic E-state index is 13.9. The average molecular weight is 853 g/mol. The zero-order valence-corrected chi connectivity index (χ0v) is 38.4. The summed E-state index contributed by atoms with van der Waals surface area (Å²) in [6.45, 7) is 20.4. The Hall–Kier alpha value is -3.62. The smallest absolute Gasteiger partial charge is 0.410 e. The van der Waals surface area contributed by atoms with Crippen molar-refractivity contribution in [1.29, 1.82) is 0 Å². The normalized spacial score (nSPS) is 17.6. The van der Waals surface area contributed by atoms with Gasteiger partial charge in [0.25, 0.3) is 10.1 Å². The highest BCUT2D eigenvalue weighted by Gasteiger charge is 2.45. The molecule has 1 N–H and O–H groups in total. The molecule has 0 aromatic heterocycles. The molecule has 3 aromatic carbocycles. The molecule has 58 heavy (non-hydrogen) atoms. The van der Waals surface area contributed by atoms with Gasteiger partial charge in [-0.2, -0.15) is 8.42 Å². The molecular formula is C45H64N2O8S2Si. The van der Waals surface area contributed by atoms with Crippen molar-refractivity contribution in [3.63, 3.8) is 0 Å². The lowest BCUT2D eigenvalue weighted by Crippen LogP contribution is -2.48. The molecule has 1 aliphatic heterocycles. The zero-order chi connectivity index (χ0) is 42.8. The highest BCUT2D eigenvalue weighted by molar-refractivity contribution is 8.01. The van der Waals surface area contributed by atoms with Crippen LogP contribution in [-0.4, -0.2) is 89.4 Å². The van der Waals surface area contributed by atoms with Crippen LogP contribution in [0.15, 0.2) is 104 Å². The lowest BCUT2D eigenvalue weighted by Gasteiger charge is -2.38. The number of carbonyl (C=O) groups excluding carboxylic acids is 2. The predicted molar refractivity (Wildman–Crippen MR) is 237 cm³/mol. The van der Waals surface area contributed by atoms with Gasteiger partial charge in [-0.05, 0) is 80.8 Å². The lowest BCUT2D eigenvalue weighted by atomic mass is 9.84. The summed E-state index contributed by atoms with van der Waals surface area (Å²) in [6.07, 6.45) is 2.81. The minimum absolute atomic E-state index is 0.0507. The molecule has 0 spiro atoms. The predicted octanol–water partition coefficient (Wildman–Crippen LogP) is 9.76. The number of likely N-dealkylation sites (tertiary alicyclic amines) is 1. The molecule has 3 aromatic rings. The fraction of sp³-hybridized carbons (Fsp3) is 0.511. The minimum atomic E-state index is -3.82. The molecule has 13 heteroatoms. The number of hydrogen-bond acceptors (Lipinski definition) is 9. The third-order valence-electron chi connectivity index (χ3n) is 10.7. The van der Waals surface area contributed by atoms with Gasteiger partial charge in [0.15, 0.2) is 8.32 Å². The Kier molecular flexibility index (Phi) is 16.3. The Morgan fingerprint density at radius 3 is 1.86 bits per heavy atom.